The molecule has 0 radical (unpaired) electrons. The van der Waals surface area contributed by atoms with Crippen LogP contribution in [0.1, 0.15) is 32.0 Å². The molecule has 1 atom stereocenters. The van der Waals surface area contributed by atoms with Crippen LogP contribution in [-0.4, -0.2) is 16.3 Å². The number of halogens is 1. The van der Waals surface area contributed by atoms with E-state index in [1.807, 2.05) is 0 Å². The lowest BCUT2D eigenvalue weighted by molar-refractivity contribution is 0.327. The molecule has 1 unspecified atom stereocenters. The van der Waals surface area contributed by atoms with Crippen LogP contribution >= 0.6 is 0 Å². The summed E-state index contributed by atoms with van der Waals surface area (Å²) in [5.41, 5.74) is 5.92. The second kappa shape index (κ2) is 5.10. The van der Waals surface area contributed by atoms with Gasteiger partial charge in [-0.15, -0.1) is 0 Å². The van der Waals surface area contributed by atoms with Gasteiger partial charge >= 0.3 is 0 Å². The molecule has 0 bridgehead atoms. The lowest BCUT2D eigenvalue weighted by Gasteiger charge is -2.04. The summed E-state index contributed by atoms with van der Waals surface area (Å²) in [5, 5.41) is 4.10. The predicted octanol–water partition coefficient (Wildman–Crippen LogP) is 1.90. The first-order valence-corrected chi connectivity index (χ1v) is 5.00. The molecule has 14 heavy (non-hydrogen) atoms. The fraction of sp³-hybridized carbons (Fsp3) is 0.700. The van der Waals surface area contributed by atoms with Gasteiger partial charge < -0.3 is 5.73 Å². The number of nitrogens with zero attached hydrogens (tertiary/aromatic N) is 2. The van der Waals surface area contributed by atoms with Crippen molar-refractivity contribution in [2.24, 2.45) is 11.7 Å². The summed E-state index contributed by atoms with van der Waals surface area (Å²) >= 11 is 0. The average Bonchev–Trinajstić information content (AvgIpc) is 2.52. The van der Waals surface area contributed by atoms with Crippen LogP contribution in [0, 0.1) is 5.92 Å². The van der Waals surface area contributed by atoms with Gasteiger partial charge in [0.2, 0.25) is 0 Å². The van der Waals surface area contributed by atoms with E-state index in [0.29, 0.717) is 24.4 Å². The molecular weight excluding hydrogens is 181 g/mol. The summed E-state index contributed by atoms with van der Waals surface area (Å²) in [6, 6.07) is 0. The van der Waals surface area contributed by atoms with Crippen molar-refractivity contribution >= 4 is 0 Å². The van der Waals surface area contributed by atoms with E-state index in [9.17, 15) is 4.39 Å². The summed E-state index contributed by atoms with van der Waals surface area (Å²) < 4.78 is 15.1. The first-order chi connectivity index (χ1) is 6.63. The molecule has 1 aromatic rings. The number of rotatable bonds is 5. The van der Waals surface area contributed by atoms with Crippen LogP contribution in [0.25, 0.3) is 0 Å². The van der Waals surface area contributed by atoms with Gasteiger partial charge in [-0.3, -0.25) is 4.68 Å². The predicted molar refractivity (Wildman–Crippen MR) is 54.6 cm³/mol. The summed E-state index contributed by atoms with van der Waals surface area (Å²) in [5.74, 6) is 0.523. The molecule has 0 amide bonds. The van der Waals surface area contributed by atoms with Crippen LogP contribution in [0.5, 0.6) is 0 Å². The highest BCUT2D eigenvalue weighted by Crippen LogP contribution is 2.19. The van der Waals surface area contributed by atoms with E-state index in [4.69, 9.17) is 5.73 Å². The Hall–Kier alpha value is -0.900. The van der Waals surface area contributed by atoms with Crippen molar-refractivity contribution in [3.8, 4) is 0 Å². The van der Waals surface area contributed by atoms with E-state index < -0.39 is 6.17 Å². The van der Waals surface area contributed by atoms with Crippen molar-refractivity contribution < 1.29 is 4.39 Å². The van der Waals surface area contributed by atoms with Crippen molar-refractivity contribution in [1.29, 1.82) is 0 Å². The van der Waals surface area contributed by atoms with Gasteiger partial charge in [0.15, 0.2) is 0 Å². The summed E-state index contributed by atoms with van der Waals surface area (Å²) in [7, 11) is 0. The van der Waals surface area contributed by atoms with Crippen LogP contribution in [-0.2, 0) is 6.54 Å². The van der Waals surface area contributed by atoms with E-state index in [2.05, 4.69) is 18.9 Å². The van der Waals surface area contributed by atoms with E-state index in [0.717, 1.165) is 6.54 Å². The molecule has 0 fully saturated rings. The highest BCUT2D eigenvalue weighted by molar-refractivity contribution is 5.07. The lowest BCUT2D eigenvalue weighted by atomic mass is 10.2. The second-order valence-electron chi connectivity index (χ2n) is 3.93. The van der Waals surface area contributed by atoms with Crippen molar-refractivity contribution in [2.45, 2.75) is 33.0 Å². The third-order valence-corrected chi connectivity index (χ3v) is 1.99. The second-order valence-corrected chi connectivity index (χ2v) is 3.93. The third kappa shape index (κ3) is 3.10. The molecular formula is C10H18FN3. The zero-order chi connectivity index (χ0) is 10.6. The Kier molecular flexibility index (Phi) is 4.07. The number of hydrogen-bond donors (Lipinski definition) is 1. The maximum Gasteiger partial charge on any atom is 0.129 e. The summed E-state index contributed by atoms with van der Waals surface area (Å²) in [6.45, 7) is 5.41. The SMILES string of the molecule is CC(C)Cn1cc(C(F)CCN)cn1. The minimum Gasteiger partial charge on any atom is -0.330 e. The topological polar surface area (TPSA) is 43.8 Å². The Labute approximate surface area is 84.1 Å². The smallest absolute Gasteiger partial charge is 0.129 e. The monoisotopic (exact) mass is 199 g/mol. The van der Waals surface area contributed by atoms with Gasteiger partial charge in [-0.25, -0.2) is 4.39 Å². The molecule has 0 aliphatic heterocycles. The van der Waals surface area contributed by atoms with Gasteiger partial charge in [-0.05, 0) is 18.9 Å². The van der Waals surface area contributed by atoms with Crippen LogP contribution in [0.2, 0.25) is 0 Å². The molecule has 0 saturated heterocycles. The fourth-order valence-corrected chi connectivity index (χ4v) is 1.33. The van der Waals surface area contributed by atoms with Crippen molar-refractivity contribution in [2.75, 3.05) is 6.54 Å². The maximum atomic E-state index is 13.4. The number of alkyl halides is 1. The molecule has 80 valence electrons. The molecule has 0 aromatic carbocycles. The molecule has 1 heterocycles. The van der Waals surface area contributed by atoms with Crippen LogP contribution in [0.15, 0.2) is 12.4 Å². The Morgan fingerprint density at radius 2 is 2.29 bits per heavy atom. The molecule has 0 aliphatic carbocycles. The van der Waals surface area contributed by atoms with Crippen LogP contribution in [0.4, 0.5) is 4.39 Å². The van der Waals surface area contributed by atoms with E-state index >= 15 is 0 Å². The minimum absolute atomic E-state index is 0.368. The number of hydrogen-bond acceptors (Lipinski definition) is 2. The van der Waals surface area contributed by atoms with Gasteiger partial charge in [-0.1, -0.05) is 13.8 Å². The quantitative estimate of drug-likeness (QED) is 0.787. The number of nitrogens with two attached hydrogens (primary N) is 1. The highest BCUT2D eigenvalue weighted by atomic mass is 19.1. The summed E-state index contributed by atoms with van der Waals surface area (Å²) in [4.78, 5) is 0. The van der Waals surface area contributed by atoms with E-state index in [-0.39, 0.29) is 0 Å². The van der Waals surface area contributed by atoms with Crippen molar-refractivity contribution in [1.82, 2.24) is 9.78 Å². The molecule has 0 saturated carbocycles. The first kappa shape index (κ1) is 11.2. The fourth-order valence-electron chi connectivity index (χ4n) is 1.33. The third-order valence-electron chi connectivity index (χ3n) is 1.99. The molecule has 0 spiro atoms. The van der Waals surface area contributed by atoms with Crippen molar-refractivity contribution in [3.63, 3.8) is 0 Å². The average molecular weight is 199 g/mol. The van der Waals surface area contributed by atoms with Gasteiger partial charge in [-0.2, -0.15) is 5.10 Å². The lowest BCUT2D eigenvalue weighted by Crippen LogP contribution is -2.05. The molecule has 1 aromatic heterocycles. The molecule has 4 heteroatoms. The molecule has 0 aliphatic rings. The first-order valence-electron chi connectivity index (χ1n) is 5.00. The molecule has 1 rings (SSSR count). The Bertz CT molecular complexity index is 270. The van der Waals surface area contributed by atoms with Crippen LogP contribution in [0.3, 0.4) is 0 Å². The van der Waals surface area contributed by atoms with Crippen molar-refractivity contribution in [3.05, 3.63) is 18.0 Å². The summed E-state index contributed by atoms with van der Waals surface area (Å²) in [6.07, 6.45) is 2.75. The van der Waals surface area contributed by atoms with Gasteiger partial charge in [0.05, 0.1) is 6.20 Å². The standard InChI is InChI=1S/C10H18FN3/c1-8(2)6-14-7-9(5-13-14)10(11)3-4-12/h5,7-8,10H,3-4,6,12H2,1-2H3. The normalized spacial score (nSPS) is 13.5. The van der Waals surface area contributed by atoms with Gasteiger partial charge in [0, 0.05) is 18.3 Å². The maximum absolute atomic E-state index is 13.4. The van der Waals surface area contributed by atoms with Gasteiger partial charge in [0.1, 0.15) is 6.17 Å². The largest absolute Gasteiger partial charge is 0.330 e. The Morgan fingerprint density at radius 3 is 2.86 bits per heavy atom. The Morgan fingerprint density at radius 1 is 1.57 bits per heavy atom. The van der Waals surface area contributed by atoms with Crippen LogP contribution < -0.4 is 5.73 Å². The zero-order valence-corrected chi connectivity index (χ0v) is 8.78. The van der Waals surface area contributed by atoms with E-state index in [1.54, 1.807) is 17.1 Å². The highest BCUT2D eigenvalue weighted by Gasteiger charge is 2.11. The number of aromatic nitrogens is 2. The zero-order valence-electron chi connectivity index (χ0n) is 8.78. The Balaban J connectivity index is 2.58. The molecule has 3 nitrogen and oxygen atoms in total. The minimum atomic E-state index is -0.971. The van der Waals surface area contributed by atoms with E-state index in [1.165, 1.54) is 0 Å². The molecule has 2 N–H and O–H groups in total. The van der Waals surface area contributed by atoms with Gasteiger partial charge in [0.25, 0.3) is 0 Å².